The maximum atomic E-state index is 11.9. The summed E-state index contributed by atoms with van der Waals surface area (Å²) in [6.45, 7) is 9.00. The van der Waals surface area contributed by atoms with Crippen molar-refractivity contribution in [2.75, 3.05) is 13.1 Å². The summed E-state index contributed by atoms with van der Waals surface area (Å²) in [5.41, 5.74) is 3.35. The second-order valence-electron chi connectivity index (χ2n) is 7.10. The van der Waals surface area contributed by atoms with Crippen LogP contribution in [0.25, 0.3) is 0 Å². The van der Waals surface area contributed by atoms with Crippen molar-refractivity contribution in [2.24, 2.45) is 4.99 Å². The second kappa shape index (κ2) is 12.6. The molecule has 0 radical (unpaired) electrons. The molecule has 0 fully saturated rings. The maximum absolute atomic E-state index is 11.9. The SMILES string of the molecule is CCNC(=NCc1ccc(Cn2ccccc2=O)cc1)NCCc1nc(C)c(C)s1.I. The Balaban J connectivity index is 0.00000341. The molecule has 0 saturated heterocycles. The number of thiazole rings is 1. The maximum Gasteiger partial charge on any atom is 0.250 e. The minimum Gasteiger partial charge on any atom is -0.357 e. The largest absolute Gasteiger partial charge is 0.357 e. The van der Waals surface area contributed by atoms with Crippen LogP contribution in [0.2, 0.25) is 0 Å². The predicted molar refractivity (Wildman–Crippen MR) is 140 cm³/mol. The number of aliphatic imine (C=N–C) groups is 1. The molecule has 3 aromatic rings. The molecule has 6 nitrogen and oxygen atoms in total. The Morgan fingerprint density at radius 3 is 2.48 bits per heavy atom. The monoisotopic (exact) mass is 551 g/mol. The molecule has 0 bridgehead atoms. The van der Waals surface area contributed by atoms with Crippen LogP contribution in [-0.4, -0.2) is 28.6 Å². The zero-order chi connectivity index (χ0) is 21.3. The molecule has 0 aliphatic heterocycles. The van der Waals surface area contributed by atoms with Crippen LogP contribution in [0.15, 0.2) is 58.4 Å². The second-order valence-corrected chi connectivity index (χ2v) is 8.39. The molecular weight excluding hydrogens is 521 g/mol. The summed E-state index contributed by atoms with van der Waals surface area (Å²) in [5, 5.41) is 7.83. The standard InChI is InChI=1S/C23H29N5OS.HI/c1-4-24-23(25-13-12-21-27-17(2)18(3)30-21)26-15-19-8-10-20(11-9-19)16-28-14-6-5-7-22(28)29;/h5-11,14H,4,12-13,15-16H2,1-3H3,(H2,24,25,26);1H. The Morgan fingerprint density at radius 2 is 1.84 bits per heavy atom. The van der Waals surface area contributed by atoms with E-state index in [1.165, 1.54) is 4.88 Å². The van der Waals surface area contributed by atoms with Gasteiger partial charge in [0, 0.05) is 36.7 Å². The van der Waals surface area contributed by atoms with Gasteiger partial charge >= 0.3 is 0 Å². The summed E-state index contributed by atoms with van der Waals surface area (Å²) < 4.78 is 1.70. The highest BCUT2D eigenvalue weighted by atomic mass is 127. The number of rotatable bonds is 8. The van der Waals surface area contributed by atoms with Crippen molar-refractivity contribution >= 4 is 41.3 Å². The first-order valence-corrected chi connectivity index (χ1v) is 11.0. The fraction of sp³-hybridized carbons (Fsp3) is 0.348. The van der Waals surface area contributed by atoms with Gasteiger partial charge in [-0.3, -0.25) is 4.79 Å². The number of hydrogen-bond donors (Lipinski definition) is 2. The van der Waals surface area contributed by atoms with Gasteiger partial charge in [-0.25, -0.2) is 9.98 Å². The van der Waals surface area contributed by atoms with Gasteiger partial charge < -0.3 is 15.2 Å². The van der Waals surface area contributed by atoms with E-state index in [9.17, 15) is 4.79 Å². The van der Waals surface area contributed by atoms with Crippen LogP contribution in [0.3, 0.4) is 0 Å². The van der Waals surface area contributed by atoms with Crippen molar-refractivity contribution in [1.82, 2.24) is 20.2 Å². The van der Waals surface area contributed by atoms with Crippen molar-refractivity contribution in [3.8, 4) is 0 Å². The number of nitrogens with one attached hydrogen (secondary N) is 2. The summed E-state index contributed by atoms with van der Waals surface area (Å²) in [6.07, 6.45) is 2.69. The topological polar surface area (TPSA) is 71.3 Å². The summed E-state index contributed by atoms with van der Waals surface area (Å²) in [5.74, 6) is 0.808. The predicted octanol–water partition coefficient (Wildman–Crippen LogP) is 3.89. The van der Waals surface area contributed by atoms with E-state index in [4.69, 9.17) is 0 Å². The van der Waals surface area contributed by atoms with E-state index >= 15 is 0 Å². The minimum absolute atomic E-state index is 0. The van der Waals surface area contributed by atoms with Crippen molar-refractivity contribution < 1.29 is 0 Å². The van der Waals surface area contributed by atoms with Crippen LogP contribution in [0, 0.1) is 13.8 Å². The third-order valence-corrected chi connectivity index (χ3v) is 5.88. The van der Waals surface area contributed by atoms with E-state index in [-0.39, 0.29) is 29.5 Å². The highest BCUT2D eigenvalue weighted by Gasteiger charge is 2.04. The lowest BCUT2D eigenvalue weighted by Gasteiger charge is -2.11. The molecule has 31 heavy (non-hydrogen) atoms. The molecule has 0 aliphatic carbocycles. The van der Waals surface area contributed by atoms with Crippen LogP contribution in [0.1, 0.15) is 33.6 Å². The lowest BCUT2D eigenvalue weighted by molar-refractivity contribution is 0.759. The molecule has 0 spiro atoms. The normalized spacial score (nSPS) is 11.1. The zero-order valence-electron chi connectivity index (χ0n) is 18.2. The third kappa shape index (κ3) is 7.77. The fourth-order valence-corrected chi connectivity index (χ4v) is 3.92. The Bertz CT molecular complexity index is 1020. The van der Waals surface area contributed by atoms with Crippen molar-refractivity contribution in [3.63, 3.8) is 0 Å². The quantitative estimate of drug-likeness (QED) is 0.253. The molecule has 1 aromatic carbocycles. The van der Waals surface area contributed by atoms with Crippen molar-refractivity contribution in [3.05, 3.63) is 85.7 Å². The fourth-order valence-electron chi connectivity index (χ4n) is 2.98. The first kappa shape index (κ1) is 25.1. The summed E-state index contributed by atoms with van der Waals surface area (Å²) in [4.78, 5) is 22.4. The minimum atomic E-state index is 0. The van der Waals surface area contributed by atoms with Crippen molar-refractivity contribution in [2.45, 2.75) is 40.3 Å². The molecule has 2 heterocycles. The Kier molecular flexibility index (Phi) is 10.2. The number of aromatic nitrogens is 2. The number of halogens is 1. The molecule has 3 rings (SSSR count). The zero-order valence-corrected chi connectivity index (χ0v) is 21.4. The van der Waals surface area contributed by atoms with E-state index in [2.05, 4.69) is 65.6 Å². The first-order valence-electron chi connectivity index (χ1n) is 10.2. The number of nitrogens with zero attached hydrogens (tertiary/aromatic N) is 3. The van der Waals surface area contributed by atoms with E-state index < -0.39 is 0 Å². The molecule has 0 atom stereocenters. The summed E-state index contributed by atoms with van der Waals surface area (Å²) in [7, 11) is 0. The lowest BCUT2D eigenvalue weighted by atomic mass is 10.1. The summed E-state index contributed by atoms with van der Waals surface area (Å²) in [6, 6.07) is 13.4. The highest BCUT2D eigenvalue weighted by molar-refractivity contribution is 14.0. The van der Waals surface area contributed by atoms with Crippen LogP contribution < -0.4 is 16.2 Å². The molecule has 0 unspecified atom stereocenters. The van der Waals surface area contributed by atoms with Gasteiger partial charge in [-0.1, -0.05) is 30.3 Å². The molecule has 2 aromatic heterocycles. The Hall–Kier alpha value is -2.20. The number of guanidine groups is 1. The van der Waals surface area contributed by atoms with Gasteiger partial charge in [0.25, 0.3) is 5.56 Å². The molecule has 8 heteroatoms. The molecule has 0 aliphatic rings. The molecule has 0 saturated carbocycles. The third-order valence-electron chi connectivity index (χ3n) is 4.74. The Morgan fingerprint density at radius 1 is 1.10 bits per heavy atom. The van der Waals surface area contributed by atoms with Crippen molar-refractivity contribution in [1.29, 1.82) is 0 Å². The van der Waals surface area contributed by atoms with Gasteiger partial charge in [0.1, 0.15) is 0 Å². The van der Waals surface area contributed by atoms with Crippen LogP contribution >= 0.6 is 35.3 Å². The smallest absolute Gasteiger partial charge is 0.250 e. The van der Waals surface area contributed by atoms with E-state index in [0.29, 0.717) is 13.1 Å². The number of pyridine rings is 1. The highest BCUT2D eigenvalue weighted by Crippen LogP contribution is 2.16. The van der Waals surface area contributed by atoms with Gasteiger partial charge in [0.15, 0.2) is 5.96 Å². The number of benzene rings is 1. The van der Waals surface area contributed by atoms with E-state index in [0.717, 1.165) is 47.3 Å². The van der Waals surface area contributed by atoms with Crippen LogP contribution in [-0.2, 0) is 19.5 Å². The van der Waals surface area contributed by atoms with Gasteiger partial charge in [0.2, 0.25) is 0 Å². The average Bonchev–Trinajstić information content (AvgIpc) is 3.06. The first-order chi connectivity index (χ1) is 14.5. The van der Waals surface area contributed by atoms with Gasteiger partial charge in [0.05, 0.1) is 23.8 Å². The van der Waals surface area contributed by atoms with E-state index in [1.54, 1.807) is 28.0 Å². The Labute approximate surface area is 204 Å². The van der Waals surface area contributed by atoms with E-state index in [1.807, 2.05) is 12.3 Å². The van der Waals surface area contributed by atoms with Gasteiger partial charge in [-0.2, -0.15) is 0 Å². The number of hydrogen-bond acceptors (Lipinski definition) is 4. The average molecular weight is 551 g/mol. The summed E-state index contributed by atoms with van der Waals surface area (Å²) >= 11 is 1.76. The molecule has 0 amide bonds. The molecule has 2 N–H and O–H groups in total. The lowest BCUT2D eigenvalue weighted by Crippen LogP contribution is -2.38. The molecule has 166 valence electrons. The van der Waals surface area contributed by atoms with Gasteiger partial charge in [-0.15, -0.1) is 35.3 Å². The molecular formula is C23H30IN5OS. The number of aryl methyl sites for hydroxylation is 2. The van der Waals surface area contributed by atoms with Crippen LogP contribution in [0.4, 0.5) is 0 Å². The van der Waals surface area contributed by atoms with Crippen LogP contribution in [0.5, 0.6) is 0 Å². The van der Waals surface area contributed by atoms with Gasteiger partial charge in [-0.05, 0) is 38.0 Å².